The number of hydrogen-bond acceptors (Lipinski definition) is 6. The molecule has 1 amide bonds. The first kappa shape index (κ1) is 27.2. The maximum Gasteiger partial charge on any atom is 0.240 e. The Balaban J connectivity index is 0.000000338. The van der Waals surface area contributed by atoms with Crippen LogP contribution in [0.4, 0.5) is 5.69 Å². The highest BCUT2D eigenvalue weighted by atomic mass is 16.5. The molecule has 4 rings (SSSR count). The topological polar surface area (TPSA) is 69.3 Å². The van der Waals surface area contributed by atoms with Crippen LogP contribution in [0.1, 0.15) is 17.5 Å². The van der Waals surface area contributed by atoms with Crippen molar-refractivity contribution in [2.45, 2.75) is 19.6 Å². The minimum atomic E-state index is 0.0992. The SMILES string of the molecule is COCc1ccccc1.COc1ccccc1COCCCOc1ccc(N2CCNCC2=O)cc1. The monoisotopic (exact) mass is 492 g/mol. The molecule has 1 saturated heterocycles. The second-order valence-corrected chi connectivity index (χ2v) is 8.20. The molecule has 1 aliphatic rings. The van der Waals surface area contributed by atoms with E-state index in [0.29, 0.717) is 39.5 Å². The number of hydrogen-bond donors (Lipinski definition) is 1. The van der Waals surface area contributed by atoms with Crippen molar-refractivity contribution in [3.63, 3.8) is 0 Å². The van der Waals surface area contributed by atoms with E-state index in [1.807, 2.05) is 78.9 Å². The molecule has 0 bridgehead atoms. The van der Waals surface area contributed by atoms with E-state index < -0.39 is 0 Å². The second kappa shape index (κ2) is 15.6. The van der Waals surface area contributed by atoms with Crippen LogP contribution in [-0.4, -0.2) is 53.0 Å². The van der Waals surface area contributed by atoms with Gasteiger partial charge in [0, 0.05) is 37.9 Å². The van der Waals surface area contributed by atoms with Crippen LogP contribution in [0.3, 0.4) is 0 Å². The molecule has 3 aromatic carbocycles. The lowest BCUT2D eigenvalue weighted by Crippen LogP contribution is -2.48. The van der Waals surface area contributed by atoms with Crippen molar-refractivity contribution in [3.8, 4) is 11.5 Å². The van der Waals surface area contributed by atoms with Gasteiger partial charge < -0.3 is 29.2 Å². The van der Waals surface area contributed by atoms with Gasteiger partial charge in [0.05, 0.1) is 40.1 Å². The van der Waals surface area contributed by atoms with Crippen LogP contribution in [0.15, 0.2) is 78.9 Å². The third-order valence-electron chi connectivity index (χ3n) is 5.54. The minimum absolute atomic E-state index is 0.0992. The number of methoxy groups -OCH3 is 2. The summed E-state index contributed by atoms with van der Waals surface area (Å²) < 4.78 is 21.7. The largest absolute Gasteiger partial charge is 0.496 e. The summed E-state index contributed by atoms with van der Waals surface area (Å²) in [5, 5.41) is 3.07. The fourth-order valence-electron chi connectivity index (χ4n) is 3.70. The normalized spacial score (nSPS) is 13.1. The second-order valence-electron chi connectivity index (χ2n) is 8.20. The summed E-state index contributed by atoms with van der Waals surface area (Å²) in [6, 6.07) is 25.6. The molecule has 0 saturated carbocycles. The van der Waals surface area contributed by atoms with Crippen LogP contribution in [0.5, 0.6) is 11.5 Å². The first-order valence-corrected chi connectivity index (χ1v) is 12.2. The Hall–Kier alpha value is -3.39. The zero-order valence-electron chi connectivity index (χ0n) is 21.2. The van der Waals surface area contributed by atoms with Gasteiger partial charge in [0.2, 0.25) is 5.91 Å². The average Bonchev–Trinajstić information content (AvgIpc) is 2.93. The Morgan fingerprint density at radius 1 is 0.861 bits per heavy atom. The summed E-state index contributed by atoms with van der Waals surface area (Å²) in [6.07, 6.45) is 0.799. The highest BCUT2D eigenvalue weighted by Gasteiger charge is 2.18. The standard InChI is InChI=1S/C21H26N2O4.C8H10O/c1-25-20-6-3-2-5-17(20)16-26-13-4-14-27-19-9-7-18(8-10-19)23-12-11-22-15-21(23)24;1-9-7-8-5-3-2-4-6-8/h2-3,5-10,22H,4,11-16H2,1H3;2-6H,7H2,1H3. The number of nitrogens with one attached hydrogen (secondary N) is 1. The molecule has 0 aliphatic carbocycles. The van der Waals surface area contributed by atoms with Crippen LogP contribution < -0.4 is 19.7 Å². The molecule has 0 spiro atoms. The van der Waals surface area contributed by atoms with Gasteiger partial charge in [-0.15, -0.1) is 0 Å². The summed E-state index contributed by atoms with van der Waals surface area (Å²) in [5.74, 6) is 1.74. The molecule has 36 heavy (non-hydrogen) atoms. The number of piperazine rings is 1. The lowest BCUT2D eigenvalue weighted by atomic mass is 10.2. The molecular formula is C29H36N2O5. The predicted octanol–water partition coefficient (Wildman–Crippen LogP) is 4.45. The van der Waals surface area contributed by atoms with Crippen molar-refractivity contribution < 1.29 is 23.7 Å². The fourth-order valence-corrected chi connectivity index (χ4v) is 3.70. The van der Waals surface area contributed by atoms with Crippen molar-refractivity contribution in [2.75, 3.05) is 52.0 Å². The highest BCUT2D eigenvalue weighted by Crippen LogP contribution is 2.21. The summed E-state index contributed by atoms with van der Waals surface area (Å²) in [6.45, 7) is 4.34. The molecule has 192 valence electrons. The van der Waals surface area contributed by atoms with E-state index >= 15 is 0 Å². The molecule has 1 fully saturated rings. The van der Waals surface area contributed by atoms with E-state index in [0.717, 1.165) is 35.7 Å². The lowest BCUT2D eigenvalue weighted by molar-refractivity contribution is -0.118. The molecule has 0 unspecified atom stereocenters. The van der Waals surface area contributed by atoms with Crippen LogP contribution in [0.25, 0.3) is 0 Å². The number of nitrogens with zero attached hydrogens (tertiary/aromatic N) is 1. The smallest absolute Gasteiger partial charge is 0.240 e. The maximum absolute atomic E-state index is 11.9. The van der Waals surface area contributed by atoms with Crippen LogP contribution in [-0.2, 0) is 27.5 Å². The van der Waals surface area contributed by atoms with Crippen LogP contribution in [0.2, 0.25) is 0 Å². The number of anilines is 1. The van der Waals surface area contributed by atoms with Gasteiger partial charge in [-0.3, -0.25) is 4.79 Å². The van der Waals surface area contributed by atoms with Gasteiger partial charge in [0.1, 0.15) is 11.5 Å². The van der Waals surface area contributed by atoms with E-state index in [1.165, 1.54) is 5.56 Å². The average molecular weight is 493 g/mol. The van der Waals surface area contributed by atoms with Crippen molar-refractivity contribution in [2.24, 2.45) is 0 Å². The number of carbonyl (C=O) groups is 1. The lowest BCUT2D eigenvalue weighted by Gasteiger charge is -2.27. The molecule has 7 heteroatoms. The number of ether oxygens (including phenoxy) is 4. The Kier molecular flexibility index (Phi) is 11.8. The van der Waals surface area contributed by atoms with Crippen molar-refractivity contribution >= 4 is 11.6 Å². The van der Waals surface area contributed by atoms with Gasteiger partial charge in [-0.25, -0.2) is 0 Å². The van der Waals surface area contributed by atoms with E-state index in [9.17, 15) is 4.79 Å². The molecule has 0 atom stereocenters. The Bertz CT molecular complexity index is 1030. The summed E-state index contributed by atoms with van der Waals surface area (Å²) in [5.41, 5.74) is 3.17. The summed E-state index contributed by atoms with van der Waals surface area (Å²) in [4.78, 5) is 13.7. The van der Waals surface area contributed by atoms with E-state index in [-0.39, 0.29) is 5.91 Å². The Morgan fingerprint density at radius 2 is 1.61 bits per heavy atom. The fraction of sp³-hybridized carbons (Fsp3) is 0.345. The summed E-state index contributed by atoms with van der Waals surface area (Å²) in [7, 11) is 3.36. The van der Waals surface area contributed by atoms with Gasteiger partial charge in [-0.1, -0.05) is 48.5 Å². The van der Waals surface area contributed by atoms with Gasteiger partial charge in [-0.2, -0.15) is 0 Å². The number of benzene rings is 3. The van der Waals surface area contributed by atoms with E-state index in [4.69, 9.17) is 18.9 Å². The van der Waals surface area contributed by atoms with Gasteiger partial charge >= 0.3 is 0 Å². The van der Waals surface area contributed by atoms with Crippen molar-refractivity contribution in [3.05, 3.63) is 90.0 Å². The highest BCUT2D eigenvalue weighted by molar-refractivity contribution is 5.95. The quantitative estimate of drug-likeness (QED) is 0.399. The molecule has 1 N–H and O–H groups in total. The van der Waals surface area contributed by atoms with E-state index in [2.05, 4.69) is 5.32 Å². The molecule has 7 nitrogen and oxygen atoms in total. The number of rotatable bonds is 11. The molecule has 1 aliphatic heterocycles. The maximum atomic E-state index is 11.9. The molecule has 3 aromatic rings. The Morgan fingerprint density at radius 3 is 2.33 bits per heavy atom. The predicted molar refractivity (Wildman–Crippen MR) is 142 cm³/mol. The van der Waals surface area contributed by atoms with Gasteiger partial charge in [0.15, 0.2) is 0 Å². The number of para-hydroxylation sites is 1. The molecule has 0 aromatic heterocycles. The molecule has 0 radical (unpaired) electrons. The number of amides is 1. The van der Waals surface area contributed by atoms with Crippen molar-refractivity contribution in [1.82, 2.24) is 5.32 Å². The third kappa shape index (κ3) is 9.00. The first-order chi connectivity index (χ1) is 17.7. The van der Waals surface area contributed by atoms with E-state index in [1.54, 1.807) is 19.1 Å². The minimum Gasteiger partial charge on any atom is -0.496 e. The zero-order chi connectivity index (χ0) is 25.4. The van der Waals surface area contributed by atoms with Crippen LogP contribution in [0, 0.1) is 0 Å². The zero-order valence-corrected chi connectivity index (χ0v) is 21.2. The first-order valence-electron chi connectivity index (χ1n) is 12.2. The van der Waals surface area contributed by atoms with Crippen LogP contribution >= 0.6 is 0 Å². The Labute approximate surface area is 213 Å². The van der Waals surface area contributed by atoms with Crippen molar-refractivity contribution in [1.29, 1.82) is 0 Å². The number of carbonyl (C=O) groups excluding carboxylic acids is 1. The molecule has 1 heterocycles. The van der Waals surface area contributed by atoms with Gasteiger partial charge in [0.25, 0.3) is 0 Å². The summed E-state index contributed by atoms with van der Waals surface area (Å²) >= 11 is 0. The van der Waals surface area contributed by atoms with Gasteiger partial charge in [-0.05, 0) is 35.9 Å². The molecular weight excluding hydrogens is 456 g/mol. The third-order valence-corrected chi connectivity index (χ3v) is 5.54.